The predicted molar refractivity (Wildman–Crippen MR) is 85.6 cm³/mol. The summed E-state index contributed by atoms with van der Waals surface area (Å²) in [5.74, 6) is -0.745. The number of benzene rings is 1. The van der Waals surface area contributed by atoms with E-state index < -0.39 is 0 Å². The Balaban J connectivity index is 2.27. The van der Waals surface area contributed by atoms with Crippen molar-refractivity contribution >= 4 is 35.2 Å². The van der Waals surface area contributed by atoms with Crippen LogP contribution in [0.1, 0.15) is 30.1 Å². The first-order valence-electron chi connectivity index (χ1n) is 6.88. The standard InChI is InChI=1S/C15H19ClN2O2S/c1-9-3-4-10(14(17)19)8-18(9)15(20)12-7-11(21-2)5-6-13(12)16/h5-7,9-10H,3-4,8H2,1-2H3,(H2,17,19)/t9-,10+/m1/s1. The molecule has 0 bridgehead atoms. The average Bonchev–Trinajstić information content (AvgIpc) is 2.47. The third kappa shape index (κ3) is 3.52. The zero-order valence-electron chi connectivity index (χ0n) is 12.1. The monoisotopic (exact) mass is 326 g/mol. The highest BCUT2D eigenvalue weighted by Gasteiger charge is 2.32. The highest BCUT2D eigenvalue weighted by atomic mass is 35.5. The first-order valence-corrected chi connectivity index (χ1v) is 8.48. The van der Waals surface area contributed by atoms with E-state index in [-0.39, 0.29) is 23.8 Å². The Bertz CT molecular complexity index is 565. The van der Waals surface area contributed by atoms with E-state index in [1.807, 2.05) is 19.2 Å². The van der Waals surface area contributed by atoms with Gasteiger partial charge in [-0.3, -0.25) is 9.59 Å². The summed E-state index contributed by atoms with van der Waals surface area (Å²) in [6, 6.07) is 5.51. The third-order valence-corrected chi connectivity index (χ3v) is 5.00. The molecule has 2 N–H and O–H groups in total. The van der Waals surface area contributed by atoms with Gasteiger partial charge in [-0.1, -0.05) is 11.6 Å². The summed E-state index contributed by atoms with van der Waals surface area (Å²) in [5.41, 5.74) is 5.87. The topological polar surface area (TPSA) is 63.4 Å². The number of rotatable bonds is 3. The molecule has 0 aromatic heterocycles. The fourth-order valence-corrected chi connectivity index (χ4v) is 3.21. The summed E-state index contributed by atoms with van der Waals surface area (Å²) < 4.78 is 0. The fourth-order valence-electron chi connectivity index (χ4n) is 2.57. The minimum absolute atomic E-state index is 0.0853. The van der Waals surface area contributed by atoms with Crippen LogP contribution in [0.3, 0.4) is 0 Å². The highest BCUT2D eigenvalue weighted by molar-refractivity contribution is 7.98. The van der Waals surface area contributed by atoms with Gasteiger partial charge in [-0.15, -0.1) is 11.8 Å². The molecule has 1 aromatic rings. The number of nitrogens with two attached hydrogens (primary N) is 1. The Labute approximate surface area is 134 Å². The second-order valence-electron chi connectivity index (χ2n) is 5.33. The van der Waals surface area contributed by atoms with E-state index >= 15 is 0 Å². The Hall–Kier alpha value is -1.20. The first-order chi connectivity index (χ1) is 9.93. The average molecular weight is 327 g/mol. The fraction of sp³-hybridized carbons (Fsp3) is 0.467. The number of thioether (sulfide) groups is 1. The second kappa shape index (κ2) is 6.71. The van der Waals surface area contributed by atoms with Gasteiger partial charge in [0.1, 0.15) is 0 Å². The lowest BCUT2D eigenvalue weighted by molar-refractivity contribution is -0.123. The summed E-state index contributed by atoms with van der Waals surface area (Å²) in [5, 5.41) is 0.436. The lowest BCUT2D eigenvalue weighted by Crippen LogP contribution is -2.48. The van der Waals surface area contributed by atoms with Crippen molar-refractivity contribution in [2.45, 2.75) is 30.7 Å². The largest absolute Gasteiger partial charge is 0.369 e. The van der Waals surface area contributed by atoms with Gasteiger partial charge in [-0.2, -0.15) is 0 Å². The van der Waals surface area contributed by atoms with E-state index in [0.29, 0.717) is 17.1 Å². The number of halogens is 1. The Morgan fingerprint density at radius 1 is 1.38 bits per heavy atom. The van der Waals surface area contributed by atoms with Crippen molar-refractivity contribution in [2.24, 2.45) is 11.7 Å². The van der Waals surface area contributed by atoms with E-state index in [4.69, 9.17) is 17.3 Å². The summed E-state index contributed by atoms with van der Waals surface area (Å²) in [6.45, 7) is 2.36. The van der Waals surface area contributed by atoms with Crippen molar-refractivity contribution in [1.29, 1.82) is 0 Å². The van der Waals surface area contributed by atoms with Gasteiger partial charge in [0.25, 0.3) is 5.91 Å². The maximum atomic E-state index is 12.7. The van der Waals surface area contributed by atoms with Crippen LogP contribution >= 0.6 is 23.4 Å². The molecule has 4 nitrogen and oxygen atoms in total. The van der Waals surface area contributed by atoms with Crippen LogP contribution in [0, 0.1) is 5.92 Å². The van der Waals surface area contributed by atoms with E-state index in [9.17, 15) is 9.59 Å². The molecule has 0 saturated carbocycles. The van der Waals surface area contributed by atoms with Crippen molar-refractivity contribution in [3.8, 4) is 0 Å². The molecule has 2 rings (SSSR count). The van der Waals surface area contributed by atoms with Gasteiger partial charge in [0.2, 0.25) is 5.91 Å². The number of piperidine rings is 1. The Kier molecular flexibility index (Phi) is 5.17. The highest BCUT2D eigenvalue weighted by Crippen LogP contribution is 2.28. The van der Waals surface area contributed by atoms with Crippen LogP contribution in [0.25, 0.3) is 0 Å². The lowest BCUT2D eigenvalue weighted by Gasteiger charge is -2.37. The van der Waals surface area contributed by atoms with Crippen LogP contribution in [0.5, 0.6) is 0 Å². The number of amides is 2. The van der Waals surface area contributed by atoms with Gasteiger partial charge in [-0.25, -0.2) is 0 Å². The summed E-state index contributed by atoms with van der Waals surface area (Å²) in [4.78, 5) is 26.8. The molecular weight excluding hydrogens is 308 g/mol. The number of carbonyl (C=O) groups excluding carboxylic acids is 2. The molecule has 1 aliphatic heterocycles. The Morgan fingerprint density at radius 2 is 2.10 bits per heavy atom. The van der Waals surface area contributed by atoms with E-state index in [1.165, 1.54) is 0 Å². The number of hydrogen-bond acceptors (Lipinski definition) is 3. The molecule has 114 valence electrons. The maximum absolute atomic E-state index is 12.7. The van der Waals surface area contributed by atoms with Crippen LogP contribution in [-0.2, 0) is 4.79 Å². The summed E-state index contributed by atoms with van der Waals surface area (Å²) in [6.07, 6.45) is 3.46. The smallest absolute Gasteiger partial charge is 0.255 e. The minimum Gasteiger partial charge on any atom is -0.369 e. The van der Waals surface area contributed by atoms with Crippen LogP contribution < -0.4 is 5.73 Å². The zero-order valence-corrected chi connectivity index (χ0v) is 13.7. The van der Waals surface area contributed by atoms with E-state index in [2.05, 4.69) is 0 Å². The van der Waals surface area contributed by atoms with Gasteiger partial charge in [0.05, 0.1) is 16.5 Å². The van der Waals surface area contributed by atoms with Crippen LogP contribution in [0.15, 0.2) is 23.1 Å². The molecule has 2 amide bonds. The minimum atomic E-state index is -0.344. The number of nitrogens with zero attached hydrogens (tertiary/aromatic N) is 1. The molecule has 1 heterocycles. The Morgan fingerprint density at radius 3 is 2.71 bits per heavy atom. The summed E-state index contributed by atoms with van der Waals surface area (Å²) in [7, 11) is 0. The number of likely N-dealkylation sites (tertiary alicyclic amines) is 1. The normalized spacial score (nSPS) is 22.1. The summed E-state index contributed by atoms with van der Waals surface area (Å²) >= 11 is 7.72. The van der Waals surface area contributed by atoms with Crippen molar-refractivity contribution in [3.05, 3.63) is 28.8 Å². The van der Waals surface area contributed by atoms with Crippen molar-refractivity contribution < 1.29 is 9.59 Å². The SMILES string of the molecule is CSc1ccc(Cl)c(C(=O)N2C[C@@H](C(N)=O)CC[C@H]2C)c1. The van der Waals surface area contributed by atoms with Gasteiger partial charge >= 0.3 is 0 Å². The van der Waals surface area contributed by atoms with Crippen molar-refractivity contribution in [1.82, 2.24) is 4.90 Å². The van der Waals surface area contributed by atoms with Crippen molar-refractivity contribution in [3.63, 3.8) is 0 Å². The first kappa shape index (κ1) is 16.2. The van der Waals surface area contributed by atoms with Gasteiger partial charge in [0, 0.05) is 17.5 Å². The van der Waals surface area contributed by atoms with Gasteiger partial charge in [0.15, 0.2) is 0 Å². The van der Waals surface area contributed by atoms with Gasteiger partial charge < -0.3 is 10.6 Å². The zero-order chi connectivity index (χ0) is 15.6. The molecule has 1 aliphatic rings. The quantitative estimate of drug-likeness (QED) is 0.869. The molecule has 1 saturated heterocycles. The molecule has 2 atom stereocenters. The van der Waals surface area contributed by atoms with E-state index in [1.54, 1.807) is 28.8 Å². The molecule has 0 radical (unpaired) electrons. The van der Waals surface area contributed by atoms with Gasteiger partial charge in [-0.05, 0) is 44.2 Å². The van der Waals surface area contributed by atoms with Crippen molar-refractivity contribution in [2.75, 3.05) is 12.8 Å². The molecule has 0 spiro atoms. The molecule has 1 fully saturated rings. The number of primary amides is 1. The molecular formula is C15H19ClN2O2S. The lowest BCUT2D eigenvalue weighted by atomic mass is 9.92. The van der Waals surface area contributed by atoms with E-state index in [0.717, 1.165) is 17.7 Å². The maximum Gasteiger partial charge on any atom is 0.255 e. The second-order valence-corrected chi connectivity index (χ2v) is 6.62. The molecule has 0 unspecified atom stereocenters. The molecule has 0 aliphatic carbocycles. The van der Waals surface area contributed by atoms with Crippen LogP contribution in [0.4, 0.5) is 0 Å². The number of hydrogen-bond donors (Lipinski definition) is 1. The number of carbonyl (C=O) groups is 2. The molecule has 6 heteroatoms. The third-order valence-electron chi connectivity index (χ3n) is 3.95. The van der Waals surface area contributed by atoms with Crippen LogP contribution in [0.2, 0.25) is 5.02 Å². The molecule has 1 aromatic carbocycles. The van der Waals surface area contributed by atoms with Crippen LogP contribution in [-0.4, -0.2) is 35.6 Å². The molecule has 21 heavy (non-hydrogen) atoms. The predicted octanol–water partition coefficient (Wildman–Crippen LogP) is 2.79.